The third-order valence-electron chi connectivity index (χ3n) is 3.11. The molecule has 2 rings (SSSR count). The van der Waals surface area contributed by atoms with Gasteiger partial charge < -0.3 is 0 Å². The molecule has 1 heteroatoms. The second-order valence-corrected chi connectivity index (χ2v) is 4.27. The van der Waals surface area contributed by atoms with E-state index in [1.807, 2.05) is 13.8 Å². The van der Waals surface area contributed by atoms with Crippen LogP contribution in [0.3, 0.4) is 0 Å². The van der Waals surface area contributed by atoms with Crippen molar-refractivity contribution in [3.63, 3.8) is 0 Å². The summed E-state index contributed by atoms with van der Waals surface area (Å²) in [5.41, 5.74) is 4.91. The van der Waals surface area contributed by atoms with Crippen LogP contribution in [0.25, 0.3) is 0 Å². The van der Waals surface area contributed by atoms with E-state index in [1.165, 1.54) is 31.3 Å². The van der Waals surface area contributed by atoms with Crippen LogP contribution >= 0.6 is 0 Å². The van der Waals surface area contributed by atoms with Gasteiger partial charge in [-0.1, -0.05) is 5.57 Å². The molecule has 14 heavy (non-hydrogen) atoms. The van der Waals surface area contributed by atoms with Crippen LogP contribution in [0.1, 0.15) is 39.5 Å². The highest BCUT2D eigenvalue weighted by Crippen LogP contribution is 2.31. The molecule has 0 atom stereocenters. The normalized spacial score (nSPS) is 22.6. The van der Waals surface area contributed by atoms with Crippen molar-refractivity contribution >= 4 is 5.78 Å². The summed E-state index contributed by atoms with van der Waals surface area (Å²) in [5.74, 6) is 0.451. The van der Waals surface area contributed by atoms with Crippen LogP contribution < -0.4 is 0 Å². The number of ketones is 1. The fraction of sp³-hybridized carbons (Fsp3) is 0.462. The Kier molecular flexibility index (Phi) is 2.40. The van der Waals surface area contributed by atoms with Gasteiger partial charge in [0.15, 0.2) is 0 Å². The van der Waals surface area contributed by atoms with E-state index >= 15 is 0 Å². The van der Waals surface area contributed by atoms with E-state index in [4.69, 9.17) is 0 Å². The first-order valence-electron chi connectivity index (χ1n) is 5.34. The zero-order chi connectivity index (χ0) is 10.1. The molecule has 0 aromatic rings. The van der Waals surface area contributed by atoms with Gasteiger partial charge in [0.1, 0.15) is 0 Å². The van der Waals surface area contributed by atoms with E-state index in [2.05, 4.69) is 12.2 Å². The highest BCUT2D eigenvalue weighted by molar-refractivity contribution is 6.10. The Morgan fingerprint density at radius 2 is 1.50 bits per heavy atom. The minimum absolute atomic E-state index is 0.451. The molecule has 74 valence electrons. The lowest BCUT2D eigenvalue weighted by Gasteiger charge is -2.08. The molecule has 1 saturated carbocycles. The van der Waals surface area contributed by atoms with E-state index in [0.717, 1.165) is 11.1 Å². The third kappa shape index (κ3) is 1.59. The Labute approximate surface area is 85.2 Å². The van der Waals surface area contributed by atoms with E-state index in [0.29, 0.717) is 5.78 Å². The molecule has 2 aliphatic carbocycles. The zero-order valence-electron chi connectivity index (χ0n) is 8.93. The van der Waals surface area contributed by atoms with Crippen LogP contribution in [0, 0.1) is 0 Å². The van der Waals surface area contributed by atoms with Crippen molar-refractivity contribution in [2.75, 3.05) is 0 Å². The number of rotatable bonds is 0. The molecular weight excluding hydrogens is 172 g/mol. The topological polar surface area (TPSA) is 21.4 Å². The number of allylic oxidation sites excluding steroid dienone is 6. The van der Waals surface area contributed by atoms with Crippen molar-refractivity contribution in [3.05, 3.63) is 34.4 Å². The van der Waals surface area contributed by atoms with E-state index in [9.17, 15) is 4.79 Å². The summed E-state index contributed by atoms with van der Waals surface area (Å²) >= 11 is 0. The van der Waals surface area contributed by atoms with Gasteiger partial charge in [-0.3, -0.25) is 4.79 Å². The zero-order valence-corrected chi connectivity index (χ0v) is 8.93. The lowest BCUT2D eigenvalue weighted by molar-refractivity contribution is 0.675. The third-order valence-corrected chi connectivity index (χ3v) is 3.11. The second-order valence-electron chi connectivity index (χ2n) is 4.27. The molecule has 0 radical (unpaired) electrons. The Hall–Kier alpha value is -1.11. The SMILES string of the molecule is CC1=CC(=C2CCCC2)C=C(C)C1=[OH+]. The second kappa shape index (κ2) is 3.56. The quantitative estimate of drug-likeness (QED) is 0.521. The molecule has 2 aliphatic rings. The highest BCUT2D eigenvalue weighted by Gasteiger charge is 2.21. The van der Waals surface area contributed by atoms with Crippen molar-refractivity contribution in [1.82, 2.24) is 0 Å². The van der Waals surface area contributed by atoms with Crippen molar-refractivity contribution in [3.8, 4) is 0 Å². The summed E-state index contributed by atoms with van der Waals surface area (Å²) in [7, 11) is 0. The Morgan fingerprint density at radius 1 is 1.00 bits per heavy atom. The van der Waals surface area contributed by atoms with E-state index < -0.39 is 0 Å². The van der Waals surface area contributed by atoms with Crippen LogP contribution in [0.5, 0.6) is 0 Å². The molecule has 0 heterocycles. The fourth-order valence-corrected chi connectivity index (χ4v) is 2.25. The van der Waals surface area contributed by atoms with Crippen LogP contribution in [0.4, 0.5) is 0 Å². The van der Waals surface area contributed by atoms with Crippen molar-refractivity contribution in [1.29, 1.82) is 0 Å². The van der Waals surface area contributed by atoms with E-state index in [-0.39, 0.29) is 0 Å². The minimum atomic E-state index is 0.451. The first-order valence-corrected chi connectivity index (χ1v) is 5.34. The Morgan fingerprint density at radius 3 is 2.00 bits per heavy atom. The summed E-state index contributed by atoms with van der Waals surface area (Å²) in [5, 5.41) is 0. The average molecular weight is 189 g/mol. The van der Waals surface area contributed by atoms with Crippen molar-refractivity contribution in [2.45, 2.75) is 39.5 Å². The molecule has 1 fully saturated rings. The smallest absolute Gasteiger partial charge is 0.273 e. The summed E-state index contributed by atoms with van der Waals surface area (Å²) in [6.07, 6.45) is 9.36. The average Bonchev–Trinajstić information content (AvgIpc) is 2.66. The molecule has 0 spiro atoms. The Bertz CT molecular complexity index is 335. The van der Waals surface area contributed by atoms with Gasteiger partial charge in [0, 0.05) is 0 Å². The largest absolute Gasteiger partial charge is 0.345 e. The molecule has 1 N–H and O–H groups in total. The number of hydrogen-bond donors (Lipinski definition) is 0. The summed E-state index contributed by atoms with van der Waals surface area (Å²) < 4.78 is 0. The van der Waals surface area contributed by atoms with Gasteiger partial charge in [-0.25, -0.2) is 0 Å². The summed E-state index contributed by atoms with van der Waals surface area (Å²) in [6, 6.07) is 0. The van der Waals surface area contributed by atoms with Gasteiger partial charge in [-0.2, -0.15) is 0 Å². The number of hydrogen-bond acceptors (Lipinski definition) is 0. The van der Waals surface area contributed by atoms with Crippen molar-refractivity contribution in [2.24, 2.45) is 0 Å². The van der Waals surface area contributed by atoms with Gasteiger partial charge in [0.2, 0.25) is 0 Å². The fourth-order valence-electron chi connectivity index (χ4n) is 2.25. The minimum Gasteiger partial charge on any atom is -0.273 e. The standard InChI is InChI=1S/C13H16O/c1-9-7-12(8-10(2)13(9)14)11-5-3-4-6-11/h7-8H,3-6H2,1-2H3/p+1. The predicted octanol–water partition coefficient (Wildman–Crippen LogP) is 3.31. The summed E-state index contributed by atoms with van der Waals surface area (Å²) in [6.45, 7) is 3.95. The monoisotopic (exact) mass is 189 g/mol. The lowest BCUT2D eigenvalue weighted by Crippen LogP contribution is -2.07. The van der Waals surface area contributed by atoms with Crippen LogP contribution in [-0.4, -0.2) is 10.6 Å². The molecule has 1 nitrogen and oxygen atoms in total. The van der Waals surface area contributed by atoms with Gasteiger partial charge in [-0.15, -0.1) is 0 Å². The molecule has 0 aromatic carbocycles. The Balaban J connectivity index is 2.39. The van der Waals surface area contributed by atoms with Gasteiger partial charge in [-0.05, 0) is 57.3 Å². The number of carbonyl (C=O) groups excluding carboxylic acids is 1. The van der Waals surface area contributed by atoms with Gasteiger partial charge in [0.25, 0.3) is 0 Å². The maximum absolute atomic E-state index is 9.66. The molecule has 0 amide bonds. The predicted molar refractivity (Wildman–Crippen MR) is 60.0 cm³/mol. The highest BCUT2D eigenvalue weighted by atomic mass is 16.1. The summed E-state index contributed by atoms with van der Waals surface area (Å²) in [4.78, 5) is 9.66. The van der Waals surface area contributed by atoms with Gasteiger partial charge >= 0.3 is 5.78 Å². The maximum atomic E-state index is 9.66. The molecule has 0 bridgehead atoms. The van der Waals surface area contributed by atoms with Gasteiger partial charge in [0.05, 0.1) is 11.1 Å². The van der Waals surface area contributed by atoms with Crippen LogP contribution in [0.15, 0.2) is 34.4 Å². The molecule has 0 saturated heterocycles. The van der Waals surface area contributed by atoms with Crippen molar-refractivity contribution < 1.29 is 4.79 Å². The molecule has 0 aliphatic heterocycles. The molecular formula is C13H17O+. The molecule has 0 unspecified atom stereocenters. The molecule has 0 aromatic heterocycles. The first kappa shape index (κ1) is 9.45. The first-order chi connectivity index (χ1) is 6.68. The van der Waals surface area contributed by atoms with E-state index in [1.54, 1.807) is 5.57 Å². The van der Waals surface area contributed by atoms with Crippen LogP contribution in [0.2, 0.25) is 0 Å². The lowest BCUT2D eigenvalue weighted by atomic mass is 9.92. The maximum Gasteiger partial charge on any atom is 0.345 e. The van der Waals surface area contributed by atoms with Crippen LogP contribution in [-0.2, 0) is 0 Å².